The number of likely N-dealkylation sites (tertiary alicyclic amines) is 1. The van der Waals surface area contributed by atoms with Crippen LogP contribution in [0.5, 0.6) is 0 Å². The number of thiophene rings is 1. The minimum Gasteiger partial charge on any atom is -0.351 e. The molecule has 0 radical (unpaired) electrons. The van der Waals surface area contributed by atoms with Gasteiger partial charge in [-0.2, -0.15) is 13.2 Å². The number of hydrogen-bond acceptors (Lipinski definition) is 3. The van der Waals surface area contributed by atoms with Crippen LogP contribution in [0.1, 0.15) is 33.6 Å². The summed E-state index contributed by atoms with van der Waals surface area (Å²) in [6.07, 6.45) is -2.22. The van der Waals surface area contributed by atoms with Crippen LogP contribution in [0.3, 0.4) is 0 Å². The largest absolute Gasteiger partial charge is 0.416 e. The number of carbonyl (C=O) groups excluding carboxylic acids is 1. The summed E-state index contributed by atoms with van der Waals surface area (Å²) >= 11 is 1.42. The monoisotopic (exact) mass is 382 g/mol. The fourth-order valence-electron chi connectivity index (χ4n) is 3.25. The summed E-state index contributed by atoms with van der Waals surface area (Å²) in [5.74, 6) is 0.321. The first-order chi connectivity index (χ1) is 12.4. The standard InChI is InChI=1S/C19H21F3N2OS/c20-19(21,22)16-7-5-14(6-8-16)12-24-9-1-3-15(13-24)11-23-18(25)17-4-2-10-26-17/h2,4-8,10,15H,1,3,9,11-13H2,(H,23,25)/t15-/m0/s1. The van der Waals surface area contributed by atoms with Crippen LogP contribution >= 0.6 is 11.3 Å². The van der Waals surface area contributed by atoms with Gasteiger partial charge in [-0.15, -0.1) is 11.3 Å². The van der Waals surface area contributed by atoms with Crippen molar-refractivity contribution in [3.63, 3.8) is 0 Å². The number of amides is 1. The van der Waals surface area contributed by atoms with Gasteiger partial charge < -0.3 is 5.32 Å². The number of carbonyl (C=O) groups is 1. The topological polar surface area (TPSA) is 32.3 Å². The Kier molecular flexibility index (Phi) is 5.98. The van der Waals surface area contributed by atoms with Gasteiger partial charge >= 0.3 is 6.18 Å². The number of rotatable bonds is 5. The molecule has 0 aliphatic carbocycles. The van der Waals surface area contributed by atoms with Crippen LogP contribution in [-0.4, -0.2) is 30.4 Å². The summed E-state index contributed by atoms with van der Waals surface area (Å²) in [7, 11) is 0. The van der Waals surface area contributed by atoms with Crippen molar-refractivity contribution in [3.8, 4) is 0 Å². The van der Waals surface area contributed by atoms with Crippen LogP contribution in [0, 0.1) is 5.92 Å². The maximum atomic E-state index is 12.6. The molecular weight excluding hydrogens is 361 g/mol. The molecule has 1 fully saturated rings. The van der Waals surface area contributed by atoms with Gasteiger partial charge in [-0.25, -0.2) is 0 Å². The highest BCUT2D eigenvalue weighted by Gasteiger charge is 2.30. The number of nitrogens with zero attached hydrogens (tertiary/aromatic N) is 1. The lowest BCUT2D eigenvalue weighted by atomic mass is 9.97. The Balaban J connectivity index is 1.49. The molecule has 1 atom stereocenters. The fraction of sp³-hybridized carbons (Fsp3) is 0.421. The van der Waals surface area contributed by atoms with Crippen LogP contribution in [0.2, 0.25) is 0 Å². The van der Waals surface area contributed by atoms with E-state index in [0.717, 1.165) is 43.6 Å². The molecule has 1 aliphatic rings. The van der Waals surface area contributed by atoms with Crippen molar-refractivity contribution in [3.05, 3.63) is 57.8 Å². The van der Waals surface area contributed by atoms with Crippen molar-refractivity contribution in [1.82, 2.24) is 10.2 Å². The SMILES string of the molecule is O=C(NC[C@@H]1CCCN(Cc2ccc(C(F)(F)F)cc2)C1)c1cccs1. The maximum Gasteiger partial charge on any atom is 0.416 e. The van der Waals surface area contributed by atoms with E-state index < -0.39 is 11.7 Å². The molecule has 3 nitrogen and oxygen atoms in total. The van der Waals surface area contributed by atoms with Crippen LogP contribution < -0.4 is 5.32 Å². The summed E-state index contributed by atoms with van der Waals surface area (Å²) in [5, 5.41) is 4.86. The van der Waals surface area contributed by atoms with Crippen molar-refractivity contribution in [2.45, 2.75) is 25.6 Å². The maximum absolute atomic E-state index is 12.6. The quantitative estimate of drug-likeness (QED) is 0.831. The highest BCUT2D eigenvalue weighted by molar-refractivity contribution is 7.12. The van der Waals surface area contributed by atoms with Crippen molar-refractivity contribution >= 4 is 17.2 Å². The smallest absolute Gasteiger partial charge is 0.351 e. The molecule has 7 heteroatoms. The first-order valence-electron chi connectivity index (χ1n) is 8.62. The minimum atomic E-state index is -4.30. The average Bonchev–Trinajstić information content (AvgIpc) is 3.14. The highest BCUT2D eigenvalue weighted by Crippen LogP contribution is 2.29. The first kappa shape index (κ1) is 18.9. The second-order valence-electron chi connectivity index (χ2n) is 6.63. The molecule has 1 amide bonds. The Bertz CT molecular complexity index is 713. The average molecular weight is 382 g/mol. The first-order valence-corrected chi connectivity index (χ1v) is 9.50. The number of hydrogen-bond donors (Lipinski definition) is 1. The van der Waals surface area contributed by atoms with Crippen LogP contribution in [0.4, 0.5) is 13.2 Å². The number of piperidine rings is 1. The van der Waals surface area contributed by atoms with Gasteiger partial charge in [0.1, 0.15) is 0 Å². The van der Waals surface area contributed by atoms with Crippen molar-refractivity contribution in [2.75, 3.05) is 19.6 Å². The summed E-state index contributed by atoms with van der Waals surface area (Å²) in [6.45, 7) is 3.02. The zero-order chi connectivity index (χ0) is 18.6. The van der Waals surface area contributed by atoms with Crippen LogP contribution in [0.15, 0.2) is 41.8 Å². The third kappa shape index (κ3) is 5.08. The molecular formula is C19H21F3N2OS. The fourth-order valence-corrected chi connectivity index (χ4v) is 3.89. The van der Waals surface area contributed by atoms with E-state index in [-0.39, 0.29) is 5.91 Å². The Hall–Kier alpha value is -1.86. The van der Waals surface area contributed by atoms with E-state index in [1.54, 1.807) is 18.2 Å². The Labute approximate surface area is 154 Å². The molecule has 26 heavy (non-hydrogen) atoms. The molecule has 3 rings (SSSR count). The molecule has 0 unspecified atom stereocenters. The lowest BCUT2D eigenvalue weighted by Gasteiger charge is -2.32. The molecule has 0 spiro atoms. The summed E-state index contributed by atoms with van der Waals surface area (Å²) in [5.41, 5.74) is 0.260. The van der Waals surface area contributed by atoms with Crippen LogP contribution in [0.25, 0.3) is 0 Å². The molecule has 0 bridgehead atoms. The van der Waals surface area contributed by atoms with Crippen molar-refractivity contribution in [1.29, 1.82) is 0 Å². The van der Waals surface area contributed by atoms with Gasteiger partial charge in [-0.3, -0.25) is 9.69 Å². The molecule has 140 valence electrons. The lowest BCUT2D eigenvalue weighted by Crippen LogP contribution is -2.40. The molecule has 1 aromatic carbocycles. The van der Waals surface area contributed by atoms with Gasteiger partial charge in [0.15, 0.2) is 0 Å². The summed E-state index contributed by atoms with van der Waals surface area (Å²) in [6, 6.07) is 9.02. The van der Waals surface area contributed by atoms with Crippen molar-refractivity contribution < 1.29 is 18.0 Å². The molecule has 1 aromatic heterocycles. The normalized spacial score (nSPS) is 18.7. The number of benzene rings is 1. The van der Waals surface area contributed by atoms with E-state index in [2.05, 4.69) is 10.2 Å². The van der Waals surface area contributed by atoms with Gasteiger partial charge in [-0.1, -0.05) is 18.2 Å². The molecule has 1 saturated heterocycles. The number of alkyl halides is 3. The molecule has 1 aliphatic heterocycles. The van der Waals surface area contributed by atoms with E-state index in [0.29, 0.717) is 23.9 Å². The van der Waals surface area contributed by atoms with Crippen LogP contribution in [-0.2, 0) is 12.7 Å². The number of nitrogens with one attached hydrogen (secondary N) is 1. The second kappa shape index (κ2) is 8.22. The van der Waals surface area contributed by atoms with Gasteiger partial charge in [0, 0.05) is 19.6 Å². The minimum absolute atomic E-state index is 0.0418. The zero-order valence-electron chi connectivity index (χ0n) is 14.3. The summed E-state index contributed by atoms with van der Waals surface area (Å²) in [4.78, 5) is 15.0. The number of halogens is 3. The second-order valence-corrected chi connectivity index (χ2v) is 7.57. The van der Waals surface area contributed by atoms with E-state index in [4.69, 9.17) is 0 Å². The van der Waals surface area contributed by atoms with E-state index >= 15 is 0 Å². The molecule has 2 heterocycles. The Morgan fingerprint density at radius 1 is 1.23 bits per heavy atom. The van der Waals surface area contributed by atoms with Gasteiger partial charge in [-0.05, 0) is 54.4 Å². The molecule has 0 saturated carbocycles. The van der Waals surface area contributed by atoms with E-state index in [1.165, 1.54) is 11.3 Å². The summed E-state index contributed by atoms with van der Waals surface area (Å²) < 4.78 is 37.9. The van der Waals surface area contributed by atoms with E-state index in [9.17, 15) is 18.0 Å². The Morgan fingerprint density at radius 2 is 2.00 bits per heavy atom. The van der Waals surface area contributed by atoms with Gasteiger partial charge in [0.25, 0.3) is 5.91 Å². The van der Waals surface area contributed by atoms with Crippen molar-refractivity contribution in [2.24, 2.45) is 5.92 Å². The third-order valence-electron chi connectivity index (χ3n) is 4.59. The Morgan fingerprint density at radius 3 is 2.65 bits per heavy atom. The van der Waals surface area contributed by atoms with Gasteiger partial charge in [0.05, 0.1) is 10.4 Å². The predicted molar refractivity (Wildman–Crippen MR) is 96.1 cm³/mol. The predicted octanol–water partition coefficient (Wildman–Crippen LogP) is 4.41. The third-order valence-corrected chi connectivity index (χ3v) is 5.46. The van der Waals surface area contributed by atoms with Gasteiger partial charge in [0.2, 0.25) is 0 Å². The van der Waals surface area contributed by atoms with E-state index in [1.807, 2.05) is 11.4 Å². The molecule has 2 aromatic rings. The lowest BCUT2D eigenvalue weighted by molar-refractivity contribution is -0.137. The highest BCUT2D eigenvalue weighted by atomic mass is 32.1. The molecule has 1 N–H and O–H groups in total. The zero-order valence-corrected chi connectivity index (χ0v) is 15.1.